The molecule has 0 fully saturated rings. The van der Waals surface area contributed by atoms with Gasteiger partial charge in [0.05, 0.1) is 11.4 Å². The molecule has 2 aromatic rings. The van der Waals surface area contributed by atoms with E-state index in [0.717, 1.165) is 5.56 Å². The van der Waals surface area contributed by atoms with Crippen molar-refractivity contribution in [3.63, 3.8) is 0 Å². The standard InChI is InChI=1S/C19H24N2O3/c1-19(2,3)24-18(22)21(4)17-11-10-15(12-16(17)20)23-13-14-8-6-5-7-9-14/h5-12H,13,20H2,1-4H3. The normalized spacial score (nSPS) is 11.0. The van der Waals surface area contributed by atoms with E-state index >= 15 is 0 Å². The van der Waals surface area contributed by atoms with Gasteiger partial charge in [0.25, 0.3) is 0 Å². The molecule has 0 bridgehead atoms. The summed E-state index contributed by atoms with van der Waals surface area (Å²) in [5.74, 6) is 0.651. The summed E-state index contributed by atoms with van der Waals surface area (Å²) in [5.41, 5.74) is 7.61. The Morgan fingerprint density at radius 2 is 1.79 bits per heavy atom. The van der Waals surface area contributed by atoms with Gasteiger partial charge >= 0.3 is 6.09 Å². The molecule has 1 amide bonds. The lowest BCUT2D eigenvalue weighted by molar-refractivity contribution is 0.0589. The van der Waals surface area contributed by atoms with Crippen LogP contribution in [0.3, 0.4) is 0 Å². The summed E-state index contributed by atoms with van der Waals surface area (Å²) in [7, 11) is 1.63. The third kappa shape index (κ3) is 4.91. The van der Waals surface area contributed by atoms with Crippen molar-refractivity contribution in [2.45, 2.75) is 33.0 Å². The number of anilines is 2. The fourth-order valence-corrected chi connectivity index (χ4v) is 2.10. The monoisotopic (exact) mass is 328 g/mol. The highest BCUT2D eigenvalue weighted by molar-refractivity contribution is 5.91. The number of benzene rings is 2. The lowest BCUT2D eigenvalue weighted by Crippen LogP contribution is -2.34. The van der Waals surface area contributed by atoms with E-state index in [1.807, 2.05) is 51.1 Å². The zero-order valence-electron chi connectivity index (χ0n) is 14.6. The van der Waals surface area contributed by atoms with Gasteiger partial charge in [0.15, 0.2) is 0 Å². The molecule has 0 heterocycles. The maximum atomic E-state index is 12.1. The van der Waals surface area contributed by atoms with Gasteiger partial charge in [-0.3, -0.25) is 4.90 Å². The number of nitrogen functional groups attached to an aromatic ring is 1. The summed E-state index contributed by atoms with van der Waals surface area (Å²) in [6.07, 6.45) is -0.452. The fourth-order valence-electron chi connectivity index (χ4n) is 2.10. The molecule has 24 heavy (non-hydrogen) atoms. The smallest absolute Gasteiger partial charge is 0.414 e. The Morgan fingerprint density at radius 3 is 2.38 bits per heavy atom. The van der Waals surface area contributed by atoms with E-state index in [4.69, 9.17) is 15.2 Å². The highest BCUT2D eigenvalue weighted by Crippen LogP contribution is 2.28. The summed E-state index contributed by atoms with van der Waals surface area (Å²) in [5, 5.41) is 0. The third-order valence-corrected chi connectivity index (χ3v) is 3.28. The van der Waals surface area contributed by atoms with Crippen LogP contribution in [0, 0.1) is 0 Å². The Labute approximate surface area is 143 Å². The third-order valence-electron chi connectivity index (χ3n) is 3.28. The average molecular weight is 328 g/mol. The maximum Gasteiger partial charge on any atom is 0.414 e. The summed E-state index contributed by atoms with van der Waals surface area (Å²) in [6.45, 7) is 5.93. The second-order valence-electron chi connectivity index (χ2n) is 6.53. The highest BCUT2D eigenvalue weighted by atomic mass is 16.6. The number of carbonyl (C=O) groups is 1. The maximum absolute atomic E-state index is 12.1. The van der Waals surface area contributed by atoms with E-state index in [-0.39, 0.29) is 0 Å². The van der Waals surface area contributed by atoms with Gasteiger partial charge in [0.1, 0.15) is 18.0 Å². The molecule has 0 aromatic heterocycles. The summed E-state index contributed by atoms with van der Waals surface area (Å²) in [6, 6.07) is 15.1. The fraction of sp³-hybridized carbons (Fsp3) is 0.316. The zero-order chi connectivity index (χ0) is 17.7. The van der Waals surface area contributed by atoms with Crippen molar-refractivity contribution < 1.29 is 14.3 Å². The van der Waals surface area contributed by atoms with Crippen LogP contribution in [0.5, 0.6) is 5.75 Å². The van der Waals surface area contributed by atoms with Crippen LogP contribution >= 0.6 is 0 Å². The van der Waals surface area contributed by atoms with Crippen LogP contribution < -0.4 is 15.4 Å². The number of ether oxygens (including phenoxy) is 2. The molecule has 0 radical (unpaired) electrons. The second-order valence-corrected chi connectivity index (χ2v) is 6.53. The Hall–Kier alpha value is -2.69. The molecule has 0 saturated heterocycles. The molecule has 2 N–H and O–H groups in total. The SMILES string of the molecule is CN(C(=O)OC(C)(C)C)c1ccc(OCc2ccccc2)cc1N. The molecule has 2 aromatic carbocycles. The van der Waals surface area contributed by atoms with Crippen LogP contribution in [-0.2, 0) is 11.3 Å². The molecule has 0 saturated carbocycles. The summed E-state index contributed by atoms with van der Waals surface area (Å²) in [4.78, 5) is 13.5. The highest BCUT2D eigenvalue weighted by Gasteiger charge is 2.21. The van der Waals surface area contributed by atoms with Crippen molar-refractivity contribution in [3.05, 3.63) is 54.1 Å². The average Bonchev–Trinajstić information content (AvgIpc) is 2.52. The molecule has 5 heteroatoms. The first-order chi connectivity index (χ1) is 11.3. The number of amides is 1. The Balaban J connectivity index is 2.05. The molecule has 5 nitrogen and oxygen atoms in total. The van der Waals surface area contributed by atoms with Crippen LogP contribution in [0.4, 0.5) is 16.2 Å². The first-order valence-electron chi connectivity index (χ1n) is 7.79. The van der Waals surface area contributed by atoms with Gasteiger partial charge < -0.3 is 15.2 Å². The van der Waals surface area contributed by atoms with E-state index in [2.05, 4.69) is 0 Å². The summed E-state index contributed by atoms with van der Waals surface area (Å²) >= 11 is 0. The largest absolute Gasteiger partial charge is 0.489 e. The number of rotatable bonds is 4. The van der Waals surface area contributed by atoms with Gasteiger partial charge in [-0.2, -0.15) is 0 Å². The van der Waals surface area contributed by atoms with Gasteiger partial charge in [0, 0.05) is 13.1 Å². The van der Waals surface area contributed by atoms with Crippen LogP contribution in [0.2, 0.25) is 0 Å². The lowest BCUT2D eigenvalue weighted by Gasteiger charge is -2.25. The molecular formula is C19H24N2O3. The van der Waals surface area contributed by atoms with Crippen LogP contribution in [0.15, 0.2) is 48.5 Å². The van der Waals surface area contributed by atoms with Gasteiger partial charge in [-0.05, 0) is 38.5 Å². The first-order valence-corrected chi connectivity index (χ1v) is 7.79. The minimum atomic E-state index is -0.557. The van der Waals surface area contributed by atoms with Crippen molar-refractivity contribution in [2.75, 3.05) is 17.7 Å². The Bertz CT molecular complexity index is 694. The number of nitrogens with zero attached hydrogens (tertiary/aromatic N) is 1. The molecule has 0 aliphatic rings. The van der Waals surface area contributed by atoms with Crippen molar-refractivity contribution >= 4 is 17.5 Å². The molecular weight excluding hydrogens is 304 g/mol. The minimum absolute atomic E-state index is 0.452. The van der Waals surface area contributed by atoms with Crippen molar-refractivity contribution in [1.82, 2.24) is 0 Å². The minimum Gasteiger partial charge on any atom is -0.489 e. The molecule has 0 aliphatic heterocycles. The lowest BCUT2D eigenvalue weighted by atomic mass is 10.2. The van der Waals surface area contributed by atoms with Crippen molar-refractivity contribution in [1.29, 1.82) is 0 Å². The van der Waals surface area contributed by atoms with Crippen LogP contribution in [0.1, 0.15) is 26.3 Å². The van der Waals surface area contributed by atoms with E-state index in [1.165, 1.54) is 4.90 Å². The van der Waals surface area contributed by atoms with E-state index in [9.17, 15) is 4.79 Å². The van der Waals surface area contributed by atoms with Crippen molar-refractivity contribution in [2.24, 2.45) is 0 Å². The quantitative estimate of drug-likeness (QED) is 0.854. The predicted octanol–water partition coefficient (Wildman–Crippen LogP) is 4.22. The number of hydrogen-bond donors (Lipinski definition) is 1. The molecule has 0 unspecified atom stereocenters. The zero-order valence-corrected chi connectivity index (χ0v) is 14.6. The Morgan fingerprint density at radius 1 is 1.12 bits per heavy atom. The van der Waals surface area contributed by atoms with Crippen molar-refractivity contribution in [3.8, 4) is 5.75 Å². The van der Waals surface area contributed by atoms with Crippen LogP contribution in [-0.4, -0.2) is 18.7 Å². The molecule has 0 spiro atoms. The van der Waals surface area contributed by atoms with E-state index < -0.39 is 11.7 Å². The number of hydrogen-bond acceptors (Lipinski definition) is 4. The molecule has 0 aliphatic carbocycles. The first kappa shape index (κ1) is 17.7. The molecule has 2 rings (SSSR count). The van der Waals surface area contributed by atoms with Gasteiger partial charge in [-0.15, -0.1) is 0 Å². The van der Waals surface area contributed by atoms with E-state index in [1.54, 1.807) is 25.2 Å². The van der Waals surface area contributed by atoms with E-state index in [0.29, 0.717) is 23.7 Å². The topological polar surface area (TPSA) is 64.8 Å². The predicted molar refractivity (Wildman–Crippen MR) is 96.3 cm³/mol. The molecule has 0 atom stereocenters. The van der Waals surface area contributed by atoms with Crippen LogP contribution in [0.25, 0.3) is 0 Å². The Kier molecular flexibility index (Phi) is 5.34. The number of carbonyl (C=O) groups excluding carboxylic acids is 1. The van der Waals surface area contributed by atoms with Gasteiger partial charge in [-0.25, -0.2) is 4.79 Å². The molecule has 128 valence electrons. The number of nitrogens with two attached hydrogens (primary N) is 1. The van der Waals surface area contributed by atoms with Gasteiger partial charge in [0.2, 0.25) is 0 Å². The summed E-state index contributed by atoms with van der Waals surface area (Å²) < 4.78 is 11.1. The second kappa shape index (κ2) is 7.25. The van der Waals surface area contributed by atoms with Gasteiger partial charge in [-0.1, -0.05) is 30.3 Å².